The van der Waals surface area contributed by atoms with Gasteiger partial charge in [-0.15, -0.1) is 10.2 Å². The third-order valence-corrected chi connectivity index (χ3v) is 6.44. The van der Waals surface area contributed by atoms with Gasteiger partial charge in [-0.3, -0.25) is 4.79 Å². The summed E-state index contributed by atoms with van der Waals surface area (Å²) in [6.45, 7) is 4.72. The third-order valence-electron chi connectivity index (χ3n) is 5.22. The molecule has 1 saturated heterocycles. The molecule has 1 aromatic carbocycles. The zero-order chi connectivity index (χ0) is 17.9. The number of benzene rings is 1. The van der Waals surface area contributed by atoms with Crippen LogP contribution in [0.2, 0.25) is 0 Å². The lowest BCUT2D eigenvalue weighted by Crippen LogP contribution is -2.38. The van der Waals surface area contributed by atoms with Crippen LogP contribution in [0.4, 0.5) is 0 Å². The summed E-state index contributed by atoms with van der Waals surface area (Å²) in [7, 11) is 0. The molecule has 2 aromatic rings. The van der Waals surface area contributed by atoms with Crippen molar-refractivity contribution in [2.24, 2.45) is 0 Å². The zero-order valence-corrected chi connectivity index (χ0v) is 16.1. The highest BCUT2D eigenvalue weighted by atomic mass is 32.2. The summed E-state index contributed by atoms with van der Waals surface area (Å²) in [6, 6.07) is 10.1. The highest BCUT2D eigenvalue weighted by molar-refractivity contribution is 8.00. The van der Waals surface area contributed by atoms with Crippen molar-refractivity contribution in [3.05, 3.63) is 41.7 Å². The van der Waals surface area contributed by atoms with Crippen LogP contribution in [0.25, 0.3) is 0 Å². The van der Waals surface area contributed by atoms with Crippen molar-refractivity contribution < 1.29 is 4.79 Å². The van der Waals surface area contributed by atoms with Crippen LogP contribution in [0.15, 0.2) is 35.5 Å². The summed E-state index contributed by atoms with van der Waals surface area (Å²) in [5.41, 5.74) is 1.05. The Bertz CT molecular complexity index is 750. The predicted octanol–water partition coefficient (Wildman–Crippen LogP) is 4.02. The number of rotatable bonds is 6. The lowest BCUT2D eigenvalue weighted by atomic mass is 10.1. The fraction of sp³-hybridized carbons (Fsp3) is 0.550. The first-order valence-corrected chi connectivity index (χ1v) is 10.6. The van der Waals surface area contributed by atoms with E-state index in [4.69, 9.17) is 0 Å². The summed E-state index contributed by atoms with van der Waals surface area (Å²) in [6.07, 6.45) is 5.85. The van der Waals surface area contributed by atoms with Gasteiger partial charge in [0.05, 0.1) is 0 Å². The van der Waals surface area contributed by atoms with Gasteiger partial charge in [0.15, 0.2) is 5.16 Å². The molecule has 1 amide bonds. The molecule has 26 heavy (non-hydrogen) atoms. The second kappa shape index (κ2) is 7.82. The molecule has 1 saturated carbocycles. The Morgan fingerprint density at radius 2 is 1.88 bits per heavy atom. The van der Waals surface area contributed by atoms with Crippen LogP contribution in [0, 0.1) is 0 Å². The number of amides is 1. The number of hydrogen-bond donors (Lipinski definition) is 0. The quantitative estimate of drug-likeness (QED) is 0.721. The number of hydrogen-bond acceptors (Lipinski definition) is 4. The van der Waals surface area contributed by atoms with Crippen molar-refractivity contribution in [1.29, 1.82) is 0 Å². The first-order valence-electron chi connectivity index (χ1n) is 9.71. The number of aromatic nitrogens is 3. The Balaban J connectivity index is 1.62. The summed E-state index contributed by atoms with van der Waals surface area (Å²) in [5, 5.41) is 9.50. The van der Waals surface area contributed by atoms with Crippen LogP contribution in [-0.2, 0) is 11.3 Å². The fourth-order valence-electron chi connectivity index (χ4n) is 3.60. The normalized spacial score (nSPS) is 18.7. The first kappa shape index (κ1) is 17.6. The molecule has 2 aliphatic rings. The topological polar surface area (TPSA) is 51.0 Å². The molecule has 0 bridgehead atoms. The molecular formula is C20H26N4OS. The summed E-state index contributed by atoms with van der Waals surface area (Å²) < 4.78 is 2.20. The smallest absolute Gasteiger partial charge is 0.240 e. The first-order chi connectivity index (χ1) is 12.8. The molecule has 0 unspecified atom stereocenters. The Morgan fingerprint density at radius 3 is 2.54 bits per heavy atom. The number of carbonyl (C=O) groups excluding carboxylic acids is 1. The van der Waals surface area contributed by atoms with E-state index < -0.39 is 0 Å². The molecule has 1 aliphatic carbocycles. The standard InChI is InChI=1S/C20H26N4OS/c1-2-24-18(16-11-12-16)21-22-20(24)26-17(15-9-5-3-6-10-15)19(25)23-13-7-4-8-14-23/h3,5-6,9-10,16-17H,2,4,7-8,11-14H2,1H3/t17-/m0/s1. The second-order valence-corrected chi connectivity index (χ2v) is 8.23. The largest absolute Gasteiger partial charge is 0.341 e. The zero-order valence-electron chi connectivity index (χ0n) is 15.3. The summed E-state index contributed by atoms with van der Waals surface area (Å²) in [4.78, 5) is 15.3. The van der Waals surface area contributed by atoms with Gasteiger partial charge in [0, 0.05) is 25.6 Å². The average Bonchev–Trinajstić information content (AvgIpc) is 3.47. The van der Waals surface area contributed by atoms with Crippen LogP contribution in [0.1, 0.15) is 61.6 Å². The van der Waals surface area contributed by atoms with Gasteiger partial charge in [0.25, 0.3) is 0 Å². The van der Waals surface area contributed by atoms with E-state index in [2.05, 4.69) is 21.7 Å². The lowest BCUT2D eigenvalue weighted by molar-refractivity contribution is -0.131. The minimum atomic E-state index is -0.254. The highest BCUT2D eigenvalue weighted by Crippen LogP contribution is 2.42. The molecule has 1 aromatic heterocycles. The van der Waals surface area contributed by atoms with Crippen molar-refractivity contribution in [2.45, 2.75) is 61.9 Å². The number of nitrogens with zero attached hydrogens (tertiary/aromatic N) is 4. The van der Waals surface area contributed by atoms with Crippen LogP contribution < -0.4 is 0 Å². The van der Waals surface area contributed by atoms with Crippen molar-refractivity contribution >= 4 is 17.7 Å². The molecule has 2 heterocycles. The molecular weight excluding hydrogens is 344 g/mol. The number of thioether (sulfide) groups is 1. The fourth-order valence-corrected chi connectivity index (χ4v) is 4.79. The van der Waals surface area contributed by atoms with Gasteiger partial charge in [0.1, 0.15) is 11.1 Å². The van der Waals surface area contributed by atoms with Crippen LogP contribution in [0.5, 0.6) is 0 Å². The van der Waals surface area contributed by atoms with Crippen molar-refractivity contribution in [3.63, 3.8) is 0 Å². The molecule has 6 heteroatoms. The van der Waals surface area contributed by atoms with E-state index in [-0.39, 0.29) is 11.2 Å². The third kappa shape index (κ3) is 3.65. The molecule has 1 aliphatic heterocycles. The molecule has 138 valence electrons. The SMILES string of the molecule is CCn1c(S[C@H](C(=O)N2CCCCC2)c2ccccc2)nnc1C1CC1. The van der Waals surface area contributed by atoms with E-state index in [1.165, 1.54) is 19.3 Å². The van der Waals surface area contributed by atoms with Gasteiger partial charge in [-0.2, -0.15) is 0 Å². The summed E-state index contributed by atoms with van der Waals surface area (Å²) in [5.74, 6) is 1.86. The van der Waals surface area contributed by atoms with Crippen molar-refractivity contribution in [3.8, 4) is 0 Å². The predicted molar refractivity (Wildman–Crippen MR) is 103 cm³/mol. The van der Waals surface area contributed by atoms with E-state index in [0.717, 1.165) is 49.0 Å². The molecule has 1 atom stereocenters. The monoisotopic (exact) mass is 370 g/mol. The molecule has 5 nitrogen and oxygen atoms in total. The Labute approximate surface area is 159 Å². The second-order valence-electron chi connectivity index (χ2n) is 7.15. The lowest BCUT2D eigenvalue weighted by Gasteiger charge is -2.30. The number of piperidine rings is 1. The van der Waals surface area contributed by atoms with Gasteiger partial charge in [-0.25, -0.2) is 0 Å². The molecule has 0 radical (unpaired) electrons. The Morgan fingerprint density at radius 1 is 1.15 bits per heavy atom. The minimum absolute atomic E-state index is 0.208. The minimum Gasteiger partial charge on any atom is -0.341 e. The number of carbonyl (C=O) groups is 1. The van der Waals surface area contributed by atoms with Gasteiger partial charge >= 0.3 is 0 Å². The van der Waals surface area contributed by atoms with Crippen LogP contribution in [0.3, 0.4) is 0 Å². The van der Waals surface area contributed by atoms with Gasteiger partial charge in [-0.1, -0.05) is 42.1 Å². The molecule has 0 spiro atoms. The number of likely N-dealkylation sites (tertiary alicyclic amines) is 1. The Kier molecular flexibility index (Phi) is 5.29. The highest BCUT2D eigenvalue weighted by Gasteiger charge is 2.33. The van der Waals surface area contributed by atoms with E-state index in [1.807, 2.05) is 35.2 Å². The summed E-state index contributed by atoms with van der Waals surface area (Å²) >= 11 is 1.56. The molecule has 2 fully saturated rings. The molecule has 4 rings (SSSR count). The van der Waals surface area contributed by atoms with Gasteiger partial charge < -0.3 is 9.47 Å². The van der Waals surface area contributed by atoms with Gasteiger partial charge in [-0.05, 0) is 44.6 Å². The maximum Gasteiger partial charge on any atom is 0.240 e. The van der Waals surface area contributed by atoms with E-state index >= 15 is 0 Å². The average molecular weight is 371 g/mol. The maximum absolute atomic E-state index is 13.3. The van der Waals surface area contributed by atoms with Crippen LogP contribution >= 0.6 is 11.8 Å². The Hall–Kier alpha value is -1.82. The van der Waals surface area contributed by atoms with E-state index in [9.17, 15) is 4.79 Å². The maximum atomic E-state index is 13.3. The molecule has 0 N–H and O–H groups in total. The van der Waals surface area contributed by atoms with Gasteiger partial charge in [0.2, 0.25) is 5.91 Å². The van der Waals surface area contributed by atoms with E-state index in [0.29, 0.717) is 5.92 Å². The van der Waals surface area contributed by atoms with E-state index in [1.54, 1.807) is 11.8 Å². The van der Waals surface area contributed by atoms with Crippen molar-refractivity contribution in [2.75, 3.05) is 13.1 Å². The van der Waals surface area contributed by atoms with Crippen molar-refractivity contribution in [1.82, 2.24) is 19.7 Å². The van der Waals surface area contributed by atoms with Crippen LogP contribution in [-0.4, -0.2) is 38.7 Å².